The second-order valence-corrected chi connectivity index (χ2v) is 2.38. The van der Waals surface area contributed by atoms with E-state index in [0.29, 0.717) is 6.54 Å². The standard InChI is InChI=1S/C6H6N2S/c7-5-8-3-6-1-2-9-4-6/h1-2,4,8H,3H2. The van der Waals surface area contributed by atoms with Gasteiger partial charge in [0.15, 0.2) is 6.19 Å². The molecule has 1 rings (SSSR count). The molecule has 0 aliphatic carbocycles. The summed E-state index contributed by atoms with van der Waals surface area (Å²) in [5.74, 6) is 0. The highest BCUT2D eigenvalue weighted by atomic mass is 32.1. The fourth-order valence-electron chi connectivity index (χ4n) is 0.535. The highest BCUT2D eigenvalue weighted by Crippen LogP contribution is 2.04. The van der Waals surface area contributed by atoms with Crippen molar-refractivity contribution in [3.63, 3.8) is 0 Å². The number of nitrogens with one attached hydrogen (secondary N) is 1. The van der Waals surface area contributed by atoms with Crippen molar-refractivity contribution in [2.75, 3.05) is 0 Å². The van der Waals surface area contributed by atoms with Crippen molar-refractivity contribution in [3.8, 4) is 6.19 Å². The van der Waals surface area contributed by atoms with Gasteiger partial charge in [0, 0.05) is 0 Å². The maximum atomic E-state index is 8.11. The average Bonchev–Trinajstić information content (AvgIpc) is 2.34. The van der Waals surface area contributed by atoms with Crippen LogP contribution in [0.1, 0.15) is 5.56 Å². The van der Waals surface area contributed by atoms with Crippen LogP contribution in [-0.2, 0) is 6.54 Å². The summed E-state index contributed by atoms with van der Waals surface area (Å²) in [6.07, 6.45) is 1.86. The van der Waals surface area contributed by atoms with E-state index >= 15 is 0 Å². The average molecular weight is 138 g/mol. The molecule has 2 nitrogen and oxygen atoms in total. The third kappa shape index (κ3) is 1.74. The monoisotopic (exact) mass is 138 g/mol. The van der Waals surface area contributed by atoms with Crippen LogP contribution in [0.15, 0.2) is 16.8 Å². The van der Waals surface area contributed by atoms with Crippen molar-refractivity contribution >= 4 is 11.3 Å². The topological polar surface area (TPSA) is 35.8 Å². The van der Waals surface area contributed by atoms with Crippen molar-refractivity contribution in [1.82, 2.24) is 5.32 Å². The molecule has 0 aliphatic rings. The third-order valence-electron chi connectivity index (χ3n) is 0.952. The van der Waals surface area contributed by atoms with Gasteiger partial charge in [-0.2, -0.15) is 16.6 Å². The maximum absolute atomic E-state index is 8.11. The first-order chi connectivity index (χ1) is 4.43. The normalized spacial score (nSPS) is 8.33. The lowest BCUT2D eigenvalue weighted by molar-refractivity contribution is 0.889. The van der Waals surface area contributed by atoms with E-state index in [9.17, 15) is 0 Å². The van der Waals surface area contributed by atoms with E-state index in [4.69, 9.17) is 5.26 Å². The van der Waals surface area contributed by atoms with E-state index in [1.54, 1.807) is 11.3 Å². The van der Waals surface area contributed by atoms with E-state index in [1.165, 1.54) is 5.56 Å². The molecular formula is C6H6N2S. The molecule has 3 heteroatoms. The van der Waals surface area contributed by atoms with Gasteiger partial charge in [-0.15, -0.1) is 0 Å². The minimum absolute atomic E-state index is 0.653. The second-order valence-electron chi connectivity index (χ2n) is 1.60. The molecule has 0 amide bonds. The molecule has 0 atom stereocenters. The van der Waals surface area contributed by atoms with Gasteiger partial charge < -0.3 is 5.32 Å². The van der Waals surface area contributed by atoms with E-state index < -0.39 is 0 Å². The van der Waals surface area contributed by atoms with Crippen LogP contribution in [0.5, 0.6) is 0 Å². The predicted molar refractivity (Wildman–Crippen MR) is 36.8 cm³/mol. The highest BCUT2D eigenvalue weighted by Gasteiger charge is 1.87. The van der Waals surface area contributed by atoms with Crippen LogP contribution in [0.4, 0.5) is 0 Å². The summed E-state index contributed by atoms with van der Waals surface area (Å²) in [6.45, 7) is 0.653. The van der Waals surface area contributed by atoms with Crippen LogP contribution < -0.4 is 5.32 Å². The largest absolute Gasteiger partial charge is 0.319 e. The summed E-state index contributed by atoms with van der Waals surface area (Å²) in [5, 5.41) is 14.7. The van der Waals surface area contributed by atoms with Crippen molar-refractivity contribution in [2.24, 2.45) is 0 Å². The Hall–Kier alpha value is -1.01. The first kappa shape index (κ1) is 6.12. The zero-order chi connectivity index (χ0) is 6.53. The molecule has 1 aromatic heterocycles. The van der Waals surface area contributed by atoms with Gasteiger partial charge in [-0.25, -0.2) is 0 Å². The Morgan fingerprint density at radius 2 is 2.67 bits per heavy atom. The summed E-state index contributed by atoms with van der Waals surface area (Å²) in [5.41, 5.74) is 1.17. The Balaban J connectivity index is 2.41. The minimum Gasteiger partial charge on any atom is -0.319 e. The lowest BCUT2D eigenvalue weighted by Crippen LogP contribution is -2.02. The zero-order valence-electron chi connectivity index (χ0n) is 4.79. The van der Waals surface area contributed by atoms with Crippen molar-refractivity contribution in [3.05, 3.63) is 22.4 Å². The Labute approximate surface area is 57.7 Å². The van der Waals surface area contributed by atoms with Crippen LogP contribution in [0.2, 0.25) is 0 Å². The van der Waals surface area contributed by atoms with E-state index in [2.05, 4.69) is 5.32 Å². The first-order valence-corrected chi connectivity index (χ1v) is 3.51. The second kappa shape index (κ2) is 3.10. The van der Waals surface area contributed by atoms with Gasteiger partial charge in [0.1, 0.15) is 0 Å². The summed E-state index contributed by atoms with van der Waals surface area (Å²) < 4.78 is 0. The van der Waals surface area contributed by atoms with Crippen molar-refractivity contribution in [1.29, 1.82) is 5.26 Å². The Bertz CT molecular complexity index is 197. The van der Waals surface area contributed by atoms with Gasteiger partial charge in [0.05, 0.1) is 6.54 Å². The molecule has 0 radical (unpaired) electrons. The lowest BCUT2D eigenvalue weighted by Gasteiger charge is -1.88. The number of nitriles is 1. The van der Waals surface area contributed by atoms with Gasteiger partial charge in [-0.05, 0) is 22.4 Å². The van der Waals surface area contributed by atoms with Gasteiger partial charge >= 0.3 is 0 Å². The van der Waals surface area contributed by atoms with Gasteiger partial charge in [-0.3, -0.25) is 0 Å². The fourth-order valence-corrected chi connectivity index (χ4v) is 1.20. The first-order valence-electron chi connectivity index (χ1n) is 2.56. The Morgan fingerprint density at radius 3 is 3.22 bits per heavy atom. The maximum Gasteiger partial charge on any atom is 0.176 e. The Morgan fingerprint density at radius 1 is 1.78 bits per heavy atom. The van der Waals surface area contributed by atoms with E-state index in [0.717, 1.165) is 0 Å². The number of thiophene rings is 1. The summed E-state index contributed by atoms with van der Waals surface area (Å²) in [6, 6.07) is 2.00. The molecule has 0 bridgehead atoms. The molecule has 1 N–H and O–H groups in total. The summed E-state index contributed by atoms with van der Waals surface area (Å²) >= 11 is 1.64. The Kier molecular flexibility index (Phi) is 2.11. The van der Waals surface area contributed by atoms with Crippen molar-refractivity contribution < 1.29 is 0 Å². The molecule has 1 aromatic rings. The number of hydrogen-bond donors (Lipinski definition) is 1. The van der Waals surface area contributed by atoms with Gasteiger partial charge in [0.25, 0.3) is 0 Å². The van der Waals surface area contributed by atoms with Crippen LogP contribution in [-0.4, -0.2) is 0 Å². The number of nitrogens with zero attached hydrogens (tertiary/aromatic N) is 1. The molecular weight excluding hydrogens is 132 g/mol. The van der Waals surface area contributed by atoms with Gasteiger partial charge in [0.2, 0.25) is 0 Å². The summed E-state index contributed by atoms with van der Waals surface area (Å²) in [4.78, 5) is 0. The molecule has 0 aromatic carbocycles. The number of hydrogen-bond acceptors (Lipinski definition) is 3. The van der Waals surface area contributed by atoms with Crippen LogP contribution in [0.3, 0.4) is 0 Å². The van der Waals surface area contributed by atoms with Crippen molar-refractivity contribution in [2.45, 2.75) is 6.54 Å². The van der Waals surface area contributed by atoms with E-state index in [1.807, 2.05) is 23.0 Å². The van der Waals surface area contributed by atoms with Crippen LogP contribution >= 0.6 is 11.3 Å². The van der Waals surface area contributed by atoms with Crippen LogP contribution in [0, 0.1) is 11.5 Å². The fraction of sp³-hybridized carbons (Fsp3) is 0.167. The molecule has 0 fully saturated rings. The molecule has 0 spiro atoms. The summed E-state index contributed by atoms with van der Waals surface area (Å²) in [7, 11) is 0. The third-order valence-corrected chi connectivity index (χ3v) is 1.68. The molecule has 1 heterocycles. The molecule has 0 saturated heterocycles. The predicted octanol–water partition coefficient (Wildman–Crippen LogP) is 1.32. The number of rotatable bonds is 2. The van der Waals surface area contributed by atoms with Crippen LogP contribution in [0.25, 0.3) is 0 Å². The smallest absolute Gasteiger partial charge is 0.176 e. The molecule has 0 aliphatic heterocycles. The molecule has 0 unspecified atom stereocenters. The van der Waals surface area contributed by atoms with E-state index in [-0.39, 0.29) is 0 Å². The SMILES string of the molecule is N#CNCc1ccsc1. The van der Waals surface area contributed by atoms with Gasteiger partial charge in [-0.1, -0.05) is 0 Å². The quantitative estimate of drug-likeness (QED) is 0.494. The molecule has 9 heavy (non-hydrogen) atoms. The zero-order valence-corrected chi connectivity index (χ0v) is 5.61. The lowest BCUT2D eigenvalue weighted by atomic mass is 10.3. The molecule has 0 saturated carbocycles. The highest BCUT2D eigenvalue weighted by molar-refractivity contribution is 7.07. The molecule has 46 valence electrons. The minimum atomic E-state index is 0.653.